The molecule has 9 heteroatoms. The van der Waals surface area contributed by atoms with Crippen molar-refractivity contribution in [2.24, 2.45) is 0 Å². The predicted octanol–water partition coefficient (Wildman–Crippen LogP) is 4.27. The van der Waals surface area contributed by atoms with Gasteiger partial charge in [-0.15, -0.1) is 11.3 Å². The van der Waals surface area contributed by atoms with Crippen LogP contribution in [0.3, 0.4) is 0 Å². The number of anilines is 1. The van der Waals surface area contributed by atoms with Crippen LogP contribution in [0.2, 0.25) is 0 Å². The van der Waals surface area contributed by atoms with Crippen molar-refractivity contribution in [3.8, 4) is 21.8 Å². The lowest BCUT2D eigenvalue weighted by Crippen LogP contribution is -2.36. The van der Waals surface area contributed by atoms with Gasteiger partial charge in [-0.05, 0) is 24.3 Å². The van der Waals surface area contributed by atoms with E-state index in [1.165, 1.54) is 6.07 Å². The number of pyridine rings is 1. The molecule has 1 N–H and O–H groups in total. The first kappa shape index (κ1) is 18.3. The van der Waals surface area contributed by atoms with Gasteiger partial charge in [0.15, 0.2) is 11.6 Å². The lowest BCUT2D eigenvalue weighted by molar-refractivity contribution is 0.122. The summed E-state index contributed by atoms with van der Waals surface area (Å²) in [4.78, 5) is 16.9. The number of thiophene rings is 1. The second-order valence-electron chi connectivity index (χ2n) is 7.30. The summed E-state index contributed by atoms with van der Waals surface area (Å²) in [6.45, 7) is 2.87. The number of benzene rings is 1. The minimum absolute atomic E-state index is 0.492. The molecule has 1 aromatic carbocycles. The first-order valence-electron chi connectivity index (χ1n) is 9.95. The number of nitrogens with zero attached hydrogens (tertiary/aromatic N) is 5. The Morgan fingerprint density at radius 3 is 2.81 bits per heavy atom. The number of aromatic nitrogens is 5. The molecule has 0 spiro atoms. The maximum Gasteiger partial charge on any atom is 0.212 e. The Bertz CT molecular complexity index is 1390. The van der Waals surface area contributed by atoms with Gasteiger partial charge in [0, 0.05) is 40.7 Å². The van der Waals surface area contributed by atoms with E-state index in [0.29, 0.717) is 19.0 Å². The minimum Gasteiger partial charge on any atom is -0.378 e. The molecule has 6 rings (SSSR count). The van der Waals surface area contributed by atoms with Gasteiger partial charge < -0.3 is 9.64 Å². The highest BCUT2D eigenvalue weighted by atomic mass is 32.1. The van der Waals surface area contributed by atoms with Gasteiger partial charge in [-0.2, -0.15) is 9.49 Å². The van der Waals surface area contributed by atoms with Gasteiger partial charge in [0.25, 0.3) is 0 Å². The van der Waals surface area contributed by atoms with Crippen molar-refractivity contribution >= 4 is 38.3 Å². The van der Waals surface area contributed by atoms with E-state index >= 15 is 0 Å². The summed E-state index contributed by atoms with van der Waals surface area (Å²) in [5.41, 5.74) is 3.59. The Labute approximate surface area is 180 Å². The number of ether oxygens (including phenoxy) is 1. The molecule has 0 radical (unpaired) electrons. The van der Waals surface area contributed by atoms with Crippen molar-refractivity contribution < 1.29 is 9.13 Å². The van der Waals surface area contributed by atoms with Crippen LogP contribution in [0.5, 0.6) is 0 Å². The van der Waals surface area contributed by atoms with Gasteiger partial charge in [0.05, 0.1) is 35.1 Å². The maximum absolute atomic E-state index is 13.3. The van der Waals surface area contributed by atoms with Crippen LogP contribution < -0.4 is 4.90 Å². The van der Waals surface area contributed by atoms with E-state index in [2.05, 4.69) is 20.1 Å². The van der Waals surface area contributed by atoms with Crippen molar-refractivity contribution in [2.45, 2.75) is 0 Å². The van der Waals surface area contributed by atoms with Gasteiger partial charge in [-0.1, -0.05) is 12.1 Å². The van der Waals surface area contributed by atoms with E-state index in [0.717, 1.165) is 56.0 Å². The highest BCUT2D eigenvalue weighted by Crippen LogP contribution is 2.39. The second kappa shape index (κ2) is 7.36. The molecule has 0 aliphatic carbocycles. The third-order valence-electron chi connectivity index (χ3n) is 5.40. The Morgan fingerprint density at radius 1 is 1.06 bits per heavy atom. The first-order valence-corrected chi connectivity index (χ1v) is 10.8. The zero-order chi connectivity index (χ0) is 20.8. The summed E-state index contributed by atoms with van der Waals surface area (Å²) >= 11 is 1.60. The molecule has 1 aliphatic heterocycles. The van der Waals surface area contributed by atoms with E-state index in [1.54, 1.807) is 29.8 Å². The lowest BCUT2D eigenvalue weighted by atomic mass is 10.1. The molecule has 5 aromatic rings. The third kappa shape index (κ3) is 3.22. The van der Waals surface area contributed by atoms with Crippen LogP contribution in [-0.4, -0.2) is 51.5 Å². The zero-order valence-corrected chi connectivity index (χ0v) is 17.2. The summed E-state index contributed by atoms with van der Waals surface area (Å²) in [5, 5.41) is 8.16. The van der Waals surface area contributed by atoms with Crippen LogP contribution in [0, 0.1) is 5.95 Å². The Morgan fingerprint density at radius 2 is 1.97 bits per heavy atom. The molecule has 0 atom stereocenters. The van der Waals surface area contributed by atoms with Crippen molar-refractivity contribution in [3.63, 3.8) is 0 Å². The largest absolute Gasteiger partial charge is 0.378 e. The number of H-pyrrole nitrogens is 1. The number of morpholine rings is 1. The summed E-state index contributed by atoms with van der Waals surface area (Å²) in [7, 11) is 0. The number of rotatable bonds is 3. The number of nitrogens with one attached hydrogen (secondary N) is 1. The van der Waals surface area contributed by atoms with Crippen molar-refractivity contribution in [2.75, 3.05) is 31.2 Å². The molecule has 0 saturated carbocycles. The SMILES string of the molecule is Fc1ccc(-c2cc3nc(-c4cccc5[nH]ncc45)nc(N4CCOCC4)c3s2)cn1. The molecule has 1 saturated heterocycles. The highest BCUT2D eigenvalue weighted by molar-refractivity contribution is 7.22. The molecule has 154 valence electrons. The average Bonchev–Trinajstić information content (AvgIpc) is 3.46. The van der Waals surface area contributed by atoms with Crippen LogP contribution in [0.15, 0.2) is 48.8 Å². The fourth-order valence-corrected chi connectivity index (χ4v) is 4.96. The zero-order valence-electron chi connectivity index (χ0n) is 16.4. The number of hydrogen-bond acceptors (Lipinski definition) is 7. The van der Waals surface area contributed by atoms with Crippen molar-refractivity contribution in [3.05, 3.63) is 54.7 Å². The standard InChI is InChI=1S/C22H17FN6OS/c23-19-5-4-13(11-24-19)18-10-17-20(31-18)22(29-6-8-30-9-7-29)27-21(26-17)14-2-1-3-16-15(14)12-25-28-16/h1-5,10-12H,6-9H2,(H,25,28). The smallest absolute Gasteiger partial charge is 0.212 e. The molecule has 1 fully saturated rings. The molecular formula is C22H17FN6OS. The van der Waals surface area contributed by atoms with E-state index in [1.807, 2.05) is 24.3 Å². The topological polar surface area (TPSA) is 79.8 Å². The van der Waals surface area contributed by atoms with Crippen molar-refractivity contribution in [1.82, 2.24) is 25.1 Å². The van der Waals surface area contributed by atoms with Crippen LogP contribution >= 0.6 is 11.3 Å². The summed E-state index contributed by atoms with van der Waals surface area (Å²) in [5.74, 6) is 1.06. The van der Waals surface area contributed by atoms with Crippen LogP contribution in [0.1, 0.15) is 0 Å². The normalized spacial score (nSPS) is 14.5. The van der Waals surface area contributed by atoms with E-state index < -0.39 is 5.95 Å². The fourth-order valence-electron chi connectivity index (χ4n) is 3.85. The summed E-state index contributed by atoms with van der Waals surface area (Å²) in [6.07, 6.45) is 3.35. The number of fused-ring (bicyclic) bond motifs is 2. The van der Waals surface area contributed by atoms with Gasteiger partial charge >= 0.3 is 0 Å². The van der Waals surface area contributed by atoms with Crippen molar-refractivity contribution in [1.29, 1.82) is 0 Å². The van der Waals surface area contributed by atoms with Gasteiger partial charge in [-0.25, -0.2) is 15.0 Å². The van der Waals surface area contributed by atoms with Gasteiger partial charge in [-0.3, -0.25) is 5.10 Å². The summed E-state index contributed by atoms with van der Waals surface area (Å²) in [6, 6.07) is 11.1. The first-order chi connectivity index (χ1) is 15.3. The molecule has 0 unspecified atom stereocenters. The monoisotopic (exact) mass is 432 g/mol. The molecular weight excluding hydrogens is 415 g/mol. The second-order valence-corrected chi connectivity index (χ2v) is 8.35. The third-order valence-corrected chi connectivity index (χ3v) is 6.57. The molecule has 4 aromatic heterocycles. The highest BCUT2D eigenvalue weighted by Gasteiger charge is 2.21. The number of aromatic amines is 1. The van der Waals surface area contributed by atoms with E-state index in [9.17, 15) is 4.39 Å². The summed E-state index contributed by atoms with van der Waals surface area (Å²) < 4.78 is 19.8. The minimum atomic E-state index is -0.492. The quantitative estimate of drug-likeness (QED) is 0.429. The Balaban J connectivity index is 1.56. The van der Waals surface area contributed by atoms with E-state index in [-0.39, 0.29) is 0 Å². The molecule has 0 amide bonds. The predicted molar refractivity (Wildman–Crippen MR) is 119 cm³/mol. The van der Waals surface area contributed by atoms with Crippen LogP contribution in [-0.2, 0) is 4.74 Å². The molecule has 5 heterocycles. The average molecular weight is 432 g/mol. The van der Waals surface area contributed by atoms with Gasteiger partial charge in [0.1, 0.15) is 0 Å². The number of halogens is 1. The molecule has 1 aliphatic rings. The fraction of sp³-hybridized carbons (Fsp3) is 0.182. The molecule has 31 heavy (non-hydrogen) atoms. The number of hydrogen-bond donors (Lipinski definition) is 1. The Kier molecular flexibility index (Phi) is 4.36. The Hall–Kier alpha value is -3.43. The van der Waals surface area contributed by atoms with E-state index in [4.69, 9.17) is 14.7 Å². The van der Waals surface area contributed by atoms with Crippen LogP contribution in [0.25, 0.3) is 42.9 Å². The molecule has 7 nitrogen and oxygen atoms in total. The van der Waals surface area contributed by atoms with Gasteiger partial charge in [0.2, 0.25) is 5.95 Å². The lowest BCUT2D eigenvalue weighted by Gasteiger charge is -2.28. The maximum atomic E-state index is 13.3. The molecule has 0 bridgehead atoms. The van der Waals surface area contributed by atoms with Crippen LogP contribution in [0.4, 0.5) is 10.2 Å².